The van der Waals surface area contributed by atoms with E-state index in [1.807, 2.05) is 26.8 Å². The van der Waals surface area contributed by atoms with Crippen molar-refractivity contribution in [2.75, 3.05) is 7.05 Å². The molecule has 0 fully saturated rings. The molecular formula is C12H17N3O2S. The highest BCUT2D eigenvalue weighted by Gasteiger charge is 2.27. The van der Waals surface area contributed by atoms with Gasteiger partial charge in [-0.2, -0.15) is 9.57 Å². The van der Waals surface area contributed by atoms with Gasteiger partial charge in [0.25, 0.3) is 0 Å². The Bertz CT molecular complexity index is 544. The molecule has 0 aliphatic heterocycles. The van der Waals surface area contributed by atoms with E-state index >= 15 is 0 Å². The van der Waals surface area contributed by atoms with Crippen molar-refractivity contribution in [2.45, 2.75) is 31.7 Å². The highest BCUT2D eigenvalue weighted by Crippen LogP contribution is 2.19. The van der Waals surface area contributed by atoms with Crippen LogP contribution in [0.15, 0.2) is 23.2 Å². The van der Waals surface area contributed by atoms with Crippen LogP contribution in [-0.2, 0) is 10.0 Å². The molecule has 0 radical (unpaired) electrons. The van der Waals surface area contributed by atoms with Gasteiger partial charge in [0.1, 0.15) is 16.7 Å². The Morgan fingerprint density at radius 3 is 2.33 bits per heavy atom. The predicted molar refractivity (Wildman–Crippen MR) is 68.2 cm³/mol. The van der Waals surface area contributed by atoms with Crippen LogP contribution in [0.25, 0.3) is 0 Å². The lowest BCUT2D eigenvalue weighted by Crippen LogP contribution is -2.38. The summed E-state index contributed by atoms with van der Waals surface area (Å²) in [5.74, 6) is 0.219. The van der Waals surface area contributed by atoms with Crippen LogP contribution in [0.3, 0.4) is 0 Å². The molecule has 0 bridgehead atoms. The standard InChI is InChI=1S/C12H17N3O2S/c1-9(2)10(3)15(4)18(16,17)12-6-5-11(7-13)14-8-12/h5-6,8-10H,1-4H3. The zero-order valence-corrected chi connectivity index (χ0v) is 11.8. The molecule has 0 spiro atoms. The van der Waals surface area contributed by atoms with Gasteiger partial charge >= 0.3 is 0 Å². The van der Waals surface area contributed by atoms with E-state index in [0.717, 1.165) is 0 Å². The Labute approximate surface area is 108 Å². The molecule has 0 saturated heterocycles. The molecule has 0 N–H and O–H groups in total. The summed E-state index contributed by atoms with van der Waals surface area (Å²) < 4.78 is 25.9. The molecule has 1 aromatic heterocycles. The lowest BCUT2D eigenvalue weighted by Gasteiger charge is -2.27. The molecular weight excluding hydrogens is 250 g/mol. The third kappa shape index (κ3) is 2.86. The van der Waals surface area contributed by atoms with Crippen LogP contribution in [0.1, 0.15) is 26.5 Å². The van der Waals surface area contributed by atoms with Gasteiger partial charge in [-0.3, -0.25) is 0 Å². The van der Waals surface area contributed by atoms with Crippen molar-refractivity contribution in [3.63, 3.8) is 0 Å². The second kappa shape index (κ2) is 5.46. The molecule has 0 aromatic carbocycles. The normalized spacial score (nSPS) is 13.6. The Kier molecular flexibility index (Phi) is 4.43. The summed E-state index contributed by atoms with van der Waals surface area (Å²) in [6, 6.07) is 4.56. The maximum Gasteiger partial charge on any atom is 0.244 e. The summed E-state index contributed by atoms with van der Waals surface area (Å²) in [6.45, 7) is 5.79. The lowest BCUT2D eigenvalue weighted by atomic mass is 10.1. The summed E-state index contributed by atoms with van der Waals surface area (Å²) in [5, 5.41) is 8.63. The minimum atomic E-state index is -3.55. The zero-order valence-electron chi connectivity index (χ0n) is 11.0. The summed E-state index contributed by atoms with van der Waals surface area (Å²) in [7, 11) is -1.99. The van der Waals surface area contributed by atoms with Gasteiger partial charge in [0.15, 0.2) is 0 Å². The van der Waals surface area contributed by atoms with E-state index in [-0.39, 0.29) is 22.5 Å². The molecule has 1 heterocycles. The molecule has 1 aromatic rings. The van der Waals surface area contributed by atoms with E-state index < -0.39 is 10.0 Å². The van der Waals surface area contributed by atoms with Crippen molar-refractivity contribution in [1.29, 1.82) is 5.26 Å². The first-order chi connectivity index (χ1) is 8.30. The van der Waals surface area contributed by atoms with Crippen LogP contribution < -0.4 is 0 Å². The Morgan fingerprint density at radius 1 is 1.33 bits per heavy atom. The van der Waals surface area contributed by atoms with Crippen molar-refractivity contribution >= 4 is 10.0 Å². The third-order valence-electron chi connectivity index (χ3n) is 3.07. The molecule has 5 nitrogen and oxygen atoms in total. The van der Waals surface area contributed by atoms with E-state index in [9.17, 15) is 8.42 Å². The van der Waals surface area contributed by atoms with Gasteiger partial charge in [0, 0.05) is 19.3 Å². The quantitative estimate of drug-likeness (QED) is 0.830. The fraction of sp³-hybridized carbons (Fsp3) is 0.500. The Hall–Kier alpha value is -1.45. The fourth-order valence-corrected chi connectivity index (χ4v) is 2.84. The summed E-state index contributed by atoms with van der Waals surface area (Å²) in [6.07, 6.45) is 1.22. The maximum atomic E-state index is 12.3. The third-order valence-corrected chi connectivity index (χ3v) is 4.99. The topological polar surface area (TPSA) is 74.1 Å². The highest BCUT2D eigenvalue weighted by molar-refractivity contribution is 7.89. The second-order valence-electron chi connectivity index (χ2n) is 4.50. The van der Waals surface area contributed by atoms with Gasteiger partial charge in [-0.1, -0.05) is 13.8 Å². The van der Waals surface area contributed by atoms with Crippen LogP contribution in [0, 0.1) is 17.2 Å². The summed E-state index contributed by atoms with van der Waals surface area (Å²) in [5.41, 5.74) is 0.202. The van der Waals surface area contributed by atoms with Gasteiger partial charge in [-0.25, -0.2) is 13.4 Å². The minimum absolute atomic E-state index is 0.106. The van der Waals surface area contributed by atoms with Crippen LogP contribution in [-0.4, -0.2) is 30.8 Å². The molecule has 98 valence electrons. The van der Waals surface area contributed by atoms with E-state index in [1.165, 1.54) is 22.6 Å². The zero-order chi connectivity index (χ0) is 13.9. The fourth-order valence-electron chi connectivity index (χ4n) is 1.40. The molecule has 18 heavy (non-hydrogen) atoms. The average molecular weight is 267 g/mol. The minimum Gasteiger partial charge on any atom is -0.244 e. The number of nitrogens with zero attached hydrogens (tertiary/aromatic N) is 3. The molecule has 0 amide bonds. The lowest BCUT2D eigenvalue weighted by molar-refractivity contribution is 0.315. The van der Waals surface area contributed by atoms with Crippen LogP contribution in [0.5, 0.6) is 0 Å². The number of sulfonamides is 1. The SMILES string of the molecule is CC(C)C(C)N(C)S(=O)(=O)c1ccc(C#N)nc1. The second-order valence-corrected chi connectivity index (χ2v) is 6.49. The van der Waals surface area contributed by atoms with Gasteiger partial charge < -0.3 is 0 Å². The van der Waals surface area contributed by atoms with Crippen LogP contribution in [0.4, 0.5) is 0 Å². The monoisotopic (exact) mass is 267 g/mol. The van der Waals surface area contributed by atoms with Crippen molar-refractivity contribution in [1.82, 2.24) is 9.29 Å². The van der Waals surface area contributed by atoms with E-state index in [2.05, 4.69) is 4.98 Å². The molecule has 0 aliphatic carbocycles. The molecule has 0 saturated carbocycles. The number of pyridine rings is 1. The Balaban J connectivity index is 3.10. The molecule has 1 rings (SSSR count). The largest absolute Gasteiger partial charge is 0.244 e. The smallest absolute Gasteiger partial charge is 0.244 e. The van der Waals surface area contributed by atoms with E-state index in [1.54, 1.807) is 7.05 Å². The molecule has 0 aliphatic rings. The molecule has 1 unspecified atom stereocenters. The first-order valence-electron chi connectivity index (χ1n) is 5.65. The number of hydrogen-bond acceptors (Lipinski definition) is 4. The van der Waals surface area contributed by atoms with Crippen molar-refractivity contribution in [3.8, 4) is 6.07 Å². The van der Waals surface area contributed by atoms with Gasteiger partial charge in [-0.15, -0.1) is 0 Å². The number of hydrogen-bond donors (Lipinski definition) is 0. The van der Waals surface area contributed by atoms with Crippen LogP contribution in [0.2, 0.25) is 0 Å². The van der Waals surface area contributed by atoms with E-state index in [0.29, 0.717) is 0 Å². The first kappa shape index (κ1) is 14.6. The Morgan fingerprint density at radius 2 is 1.94 bits per heavy atom. The van der Waals surface area contributed by atoms with Crippen molar-refractivity contribution < 1.29 is 8.42 Å². The number of aromatic nitrogens is 1. The summed E-state index contributed by atoms with van der Waals surface area (Å²) >= 11 is 0. The van der Waals surface area contributed by atoms with Gasteiger partial charge in [0.2, 0.25) is 10.0 Å². The maximum absolute atomic E-state index is 12.3. The average Bonchev–Trinajstić information content (AvgIpc) is 2.36. The first-order valence-corrected chi connectivity index (χ1v) is 7.09. The van der Waals surface area contributed by atoms with Crippen molar-refractivity contribution in [3.05, 3.63) is 24.0 Å². The highest BCUT2D eigenvalue weighted by atomic mass is 32.2. The number of nitriles is 1. The van der Waals surface area contributed by atoms with Crippen LogP contribution >= 0.6 is 0 Å². The van der Waals surface area contributed by atoms with Gasteiger partial charge in [0.05, 0.1) is 0 Å². The summed E-state index contributed by atoms with van der Waals surface area (Å²) in [4.78, 5) is 3.89. The molecule has 6 heteroatoms. The number of rotatable bonds is 4. The predicted octanol–water partition coefficient (Wildman–Crippen LogP) is 1.62. The van der Waals surface area contributed by atoms with E-state index in [4.69, 9.17) is 5.26 Å². The van der Waals surface area contributed by atoms with Crippen molar-refractivity contribution in [2.24, 2.45) is 5.92 Å². The molecule has 1 atom stereocenters. The van der Waals surface area contributed by atoms with Gasteiger partial charge in [-0.05, 0) is 25.0 Å².